The van der Waals surface area contributed by atoms with Crippen molar-refractivity contribution in [3.05, 3.63) is 53.9 Å². The first-order chi connectivity index (χ1) is 8.43. The molecule has 4 heteroatoms. The van der Waals surface area contributed by atoms with Crippen LogP contribution in [0.5, 0.6) is 0 Å². The van der Waals surface area contributed by atoms with Crippen molar-refractivity contribution in [2.24, 2.45) is 4.99 Å². The summed E-state index contributed by atoms with van der Waals surface area (Å²) in [6.07, 6.45) is 3.77. The van der Waals surface area contributed by atoms with Crippen molar-refractivity contribution in [2.75, 3.05) is 13.1 Å². The molecular weight excluding hydrogens is 212 g/mol. The second kappa shape index (κ2) is 4.41. The molecule has 0 bridgehead atoms. The van der Waals surface area contributed by atoms with Crippen LogP contribution in [0.1, 0.15) is 11.1 Å². The maximum atomic E-state index is 4.47. The van der Waals surface area contributed by atoms with Crippen LogP contribution < -0.4 is 5.32 Å². The maximum Gasteiger partial charge on any atom is 0.128 e. The summed E-state index contributed by atoms with van der Waals surface area (Å²) in [6, 6.07) is 10.3. The Morgan fingerprint density at radius 2 is 2.18 bits per heavy atom. The SMILES string of the molecule is c1ccc(C2=NCCN2)c(Cn2cccn2)c1. The molecule has 4 nitrogen and oxygen atoms in total. The van der Waals surface area contributed by atoms with Crippen molar-refractivity contribution >= 4 is 5.84 Å². The van der Waals surface area contributed by atoms with E-state index in [1.165, 1.54) is 11.1 Å². The van der Waals surface area contributed by atoms with E-state index in [-0.39, 0.29) is 0 Å². The van der Waals surface area contributed by atoms with Crippen molar-refractivity contribution in [1.29, 1.82) is 0 Å². The average Bonchev–Trinajstić information content (AvgIpc) is 3.01. The van der Waals surface area contributed by atoms with E-state index in [0.29, 0.717) is 0 Å². The molecule has 0 aliphatic carbocycles. The van der Waals surface area contributed by atoms with Gasteiger partial charge in [0.15, 0.2) is 0 Å². The van der Waals surface area contributed by atoms with Gasteiger partial charge in [-0.25, -0.2) is 0 Å². The Labute approximate surface area is 100.0 Å². The fourth-order valence-corrected chi connectivity index (χ4v) is 2.04. The predicted octanol–water partition coefficient (Wildman–Crippen LogP) is 1.28. The van der Waals surface area contributed by atoms with E-state index < -0.39 is 0 Å². The molecule has 1 aliphatic heterocycles. The van der Waals surface area contributed by atoms with Crippen molar-refractivity contribution in [3.8, 4) is 0 Å². The number of aliphatic imine (C=N–C) groups is 1. The molecule has 0 fully saturated rings. The van der Waals surface area contributed by atoms with E-state index in [2.05, 4.69) is 33.6 Å². The van der Waals surface area contributed by atoms with Crippen LogP contribution in [0.15, 0.2) is 47.7 Å². The fraction of sp³-hybridized carbons (Fsp3) is 0.231. The quantitative estimate of drug-likeness (QED) is 0.856. The molecule has 0 spiro atoms. The van der Waals surface area contributed by atoms with E-state index in [4.69, 9.17) is 0 Å². The number of rotatable bonds is 3. The molecule has 86 valence electrons. The molecule has 2 aromatic rings. The average molecular weight is 226 g/mol. The van der Waals surface area contributed by atoms with Gasteiger partial charge in [-0.05, 0) is 11.6 Å². The number of nitrogens with one attached hydrogen (secondary N) is 1. The lowest BCUT2D eigenvalue weighted by molar-refractivity contribution is 0.686. The molecule has 1 aromatic heterocycles. The van der Waals surface area contributed by atoms with Gasteiger partial charge >= 0.3 is 0 Å². The Morgan fingerprint density at radius 1 is 1.24 bits per heavy atom. The van der Waals surface area contributed by atoms with Gasteiger partial charge in [0, 0.05) is 24.5 Å². The molecule has 0 saturated carbocycles. The molecule has 3 rings (SSSR count). The minimum absolute atomic E-state index is 0.782. The Balaban J connectivity index is 1.93. The molecule has 2 heterocycles. The first-order valence-corrected chi connectivity index (χ1v) is 5.77. The van der Waals surface area contributed by atoms with Gasteiger partial charge in [0.05, 0.1) is 13.1 Å². The molecule has 17 heavy (non-hydrogen) atoms. The van der Waals surface area contributed by atoms with Gasteiger partial charge in [0.2, 0.25) is 0 Å². The molecule has 0 radical (unpaired) electrons. The van der Waals surface area contributed by atoms with Crippen molar-refractivity contribution in [1.82, 2.24) is 15.1 Å². The molecule has 0 unspecified atom stereocenters. The Bertz CT molecular complexity index is 528. The van der Waals surface area contributed by atoms with Gasteiger partial charge in [-0.2, -0.15) is 5.10 Å². The molecule has 0 saturated heterocycles. The molecular formula is C13H14N4. The third-order valence-electron chi connectivity index (χ3n) is 2.84. The third kappa shape index (κ3) is 2.06. The Hall–Kier alpha value is -2.10. The van der Waals surface area contributed by atoms with E-state index in [1.807, 2.05) is 23.0 Å². The lowest BCUT2D eigenvalue weighted by Crippen LogP contribution is -2.21. The number of benzene rings is 1. The third-order valence-corrected chi connectivity index (χ3v) is 2.84. The van der Waals surface area contributed by atoms with Crippen molar-refractivity contribution in [3.63, 3.8) is 0 Å². The van der Waals surface area contributed by atoms with Crippen LogP contribution in [0.25, 0.3) is 0 Å². The predicted molar refractivity (Wildman–Crippen MR) is 67.2 cm³/mol. The van der Waals surface area contributed by atoms with E-state index >= 15 is 0 Å². The highest BCUT2D eigenvalue weighted by atomic mass is 15.3. The summed E-state index contributed by atoms with van der Waals surface area (Å²) < 4.78 is 1.92. The van der Waals surface area contributed by atoms with Gasteiger partial charge in [-0.15, -0.1) is 0 Å². The van der Waals surface area contributed by atoms with Gasteiger partial charge in [0.1, 0.15) is 5.84 Å². The smallest absolute Gasteiger partial charge is 0.128 e. The summed E-state index contributed by atoms with van der Waals surface area (Å²) in [4.78, 5) is 4.47. The number of aromatic nitrogens is 2. The summed E-state index contributed by atoms with van der Waals surface area (Å²) in [6.45, 7) is 2.58. The number of nitrogens with zero attached hydrogens (tertiary/aromatic N) is 3. The number of amidine groups is 1. The summed E-state index contributed by atoms with van der Waals surface area (Å²) in [7, 11) is 0. The normalized spacial score (nSPS) is 14.5. The van der Waals surface area contributed by atoms with Crippen LogP contribution >= 0.6 is 0 Å². The Kier molecular flexibility index (Phi) is 2.62. The molecule has 0 atom stereocenters. The van der Waals surface area contributed by atoms with E-state index in [1.54, 1.807) is 6.20 Å². The standard InChI is InChI=1S/C13H14N4/c1-2-5-12(13-14-7-8-15-13)11(4-1)10-17-9-3-6-16-17/h1-6,9H,7-8,10H2,(H,14,15). The van der Waals surface area contributed by atoms with Gasteiger partial charge in [-0.3, -0.25) is 9.67 Å². The summed E-state index contributed by atoms with van der Waals surface area (Å²) in [5.74, 6) is 1.01. The maximum absolute atomic E-state index is 4.47. The highest BCUT2D eigenvalue weighted by Gasteiger charge is 2.11. The fourth-order valence-electron chi connectivity index (χ4n) is 2.04. The van der Waals surface area contributed by atoms with Gasteiger partial charge in [0.25, 0.3) is 0 Å². The zero-order valence-corrected chi connectivity index (χ0v) is 9.50. The highest BCUT2D eigenvalue weighted by molar-refractivity contribution is 6.00. The zero-order valence-electron chi connectivity index (χ0n) is 9.50. The summed E-state index contributed by atoms with van der Waals surface area (Å²) in [5.41, 5.74) is 2.42. The van der Waals surface area contributed by atoms with Crippen LogP contribution in [0, 0.1) is 0 Å². The zero-order chi connectivity index (χ0) is 11.5. The van der Waals surface area contributed by atoms with E-state index in [9.17, 15) is 0 Å². The second-order valence-electron chi connectivity index (χ2n) is 4.02. The number of hydrogen-bond acceptors (Lipinski definition) is 3. The minimum atomic E-state index is 0.782. The summed E-state index contributed by atoms with van der Waals surface area (Å²) in [5, 5.41) is 7.55. The number of hydrogen-bond donors (Lipinski definition) is 1. The second-order valence-corrected chi connectivity index (χ2v) is 4.02. The van der Waals surface area contributed by atoms with E-state index in [0.717, 1.165) is 25.5 Å². The van der Waals surface area contributed by atoms with Crippen LogP contribution in [-0.2, 0) is 6.54 Å². The Morgan fingerprint density at radius 3 is 2.94 bits per heavy atom. The first-order valence-electron chi connectivity index (χ1n) is 5.77. The minimum Gasteiger partial charge on any atom is -0.368 e. The van der Waals surface area contributed by atoms with Crippen molar-refractivity contribution in [2.45, 2.75) is 6.54 Å². The van der Waals surface area contributed by atoms with Gasteiger partial charge in [-0.1, -0.05) is 24.3 Å². The van der Waals surface area contributed by atoms with Crippen LogP contribution in [0.4, 0.5) is 0 Å². The monoisotopic (exact) mass is 226 g/mol. The van der Waals surface area contributed by atoms with Crippen LogP contribution in [-0.4, -0.2) is 28.7 Å². The largest absolute Gasteiger partial charge is 0.368 e. The van der Waals surface area contributed by atoms with Crippen LogP contribution in [0.3, 0.4) is 0 Å². The molecule has 1 aromatic carbocycles. The topological polar surface area (TPSA) is 42.2 Å². The first kappa shape index (κ1) is 10.1. The molecule has 1 aliphatic rings. The summed E-state index contributed by atoms with van der Waals surface area (Å²) >= 11 is 0. The van der Waals surface area contributed by atoms with Gasteiger partial charge < -0.3 is 5.32 Å². The van der Waals surface area contributed by atoms with Crippen molar-refractivity contribution < 1.29 is 0 Å². The lowest BCUT2D eigenvalue weighted by Gasteiger charge is -2.09. The molecule has 0 amide bonds. The lowest BCUT2D eigenvalue weighted by atomic mass is 10.1. The highest BCUT2D eigenvalue weighted by Crippen LogP contribution is 2.12. The van der Waals surface area contributed by atoms with Crippen LogP contribution in [0.2, 0.25) is 0 Å². The molecule has 1 N–H and O–H groups in total.